The van der Waals surface area contributed by atoms with Crippen molar-refractivity contribution in [1.82, 2.24) is 9.88 Å². The van der Waals surface area contributed by atoms with Crippen LogP contribution in [-0.4, -0.2) is 22.4 Å². The molecule has 4 rings (SSSR count). The van der Waals surface area contributed by atoms with Crippen LogP contribution in [0.5, 0.6) is 0 Å². The predicted molar refractivity (Wildman–Crippen MR) is 116 cm³/mol. The molecular weight excluding hydrogens is 434 g/mol. The van der Waals surface area contributed by atoms with Crippen LogP contribution in [0, 0.1) is 13.8 Å². The average Bonchev–Trinajstić information content (AvgIpc) is 2.91. The number of barbiturate groups is 1. The molecule has 3 aromatic rings. The number of aryl methyl sites for hydroxylation is 2. The van der Waals surface area contributed by atoms with E-state index in [0.29, 0.717) is 5.69 Å². The zero-order valence-corrected chi connectivity index (χ0v) is 17.7. The van der Waals surface area contributed by atoms with Gasteiger partial charge in [-0.05, 0) is 49.8 Å². The molecule has 1 aliphatic heterocycles. The third kappa shape index (κ3) is 3.07. The number of nitrogens with zero attached hydrogens (tertiary/aromatic N) is 2. The summed E-state index contributed by atoms with van der Waals surface area (Å²) in [5.41, 5.74) is 3.79. The first-order valence-electron chi connectivity index (χ1n) is 9.01. The van der Waals surface area contributed by atoms with Crippen molar-refractivity contribution in [2.24, 2.45) is 7.05 Å². The number of halogens is 1. The van der Waals surface area contributed by atoms with Gasteiger partial charge in [0.15, 0.2) is 0 Å². The third-order valence-electron chi connectivity index (χ3n) is 5.24. The average molecular weight is 452 g/mol. The minimum atomic E-state index is -0.753. The first-order chi connectivity index (χ1) is 13.8. The van der Waals surface area contributed by atoms with Crippen LogP contribution in [0.25, 0.3) is 17.0 Å². The molecule has 0 bridgehead atoms. The maximum absolute atomic E-state index is 13.2. The quantitative estimate of drug-likeness (QED) is 0.468. The Balaban J connectivity index is 1.86. The molecule has 0 aliphatic carbocycles. The van der Waals surface area contributed by atoms with E-state index in [0.717, 1.165) is 37.1 Å². The normalized spacial score (nSPS) is 16.1. The van der Waals surface area contributed by atoms with E-state index in [9.17, 15) is 14.4 Å². The van der Waals surface area contributed by atoms with E-state index in [4.69, 9.17) is 0 Å². The molecule has 1 fully saturated rings. The number of benzene rings is 2. The number of imide groups is 2. The van der Waals surface area contributed by atoms with Crippen molar-refractivity contribution >= 4 is 56.4 Å². The summed E-state index contributed by atoms with van der Waals surface area (Å²) in [6, 6.07) is 12.3. The van der Waals surface area contributed by atoms with E-state index in [-0.39, 0.29) is 5.57 Å². The summed E-state index contributed by atoms with van der Waals surface area (Å²) >= 11 is 3.38. The van der Waals surface area contributed by atoms with Gasteiger partial charge in [-0.3, -0.25) is 14.9 Å². The van der Waals surface area contributed by atoms with E-state index in [1.807, 2.05) is 48.9 Å². The number of rotatable bonds is 2. The van der Waals surface area contributed by atoms with Crippen molar-refractivity contribution in [2.45, 2.75) is 13.8 Å². The standard InChI is InChI=1S/C22H18BrN3O3/c1-12-10-14(23)8-9-18(12)26-21(28)17(20(27)24-22(26)29)11-16-13(2)25(3)19-7-5-4-6-15(16)19/h4-11H,1-3H3,(H,24,27,29)/b17-11-. The Morgan fingerprint density at radius 2 is 1.76 bits per heavy atom. The smallest absolute Gasteiger partial charge is 0.335 e. The second kappa shape index (κ2) is 7.00. The highest BCUT2D eigenvalue weighted by molar-refractivity contribution is 9.10. The SMILES string of the molecule is Cc1cc(Br)ccc1N1C(=O)NC(=O)/C(=C/c2c(C)n(C)c3ccccc23)C1=O. The second-order valence-electron chi connectivity index (χ2n) is 6.96. The Morgan fingerprint density at radius 3 is 2.48 bits per heavy atom. The van der Waals surface area contributed by atoms with Crippen molar-refractivity contribution in [3.8, 4) is 0 Å². The topological polar surface area (TPSA) is 71.4 Å². The number of nitrogens with one attached hydrogen (secondary N) is 1. The van der Waals surface area contributed by atoms with Crippen molar-refractivity contribution in [1.29, 1.82) is 0 Å². The van der Waals surface area contributed by atoms with Gasteiger partial charge in [-0.15, -0.1) is 0 Å². The number of carbonyl (C=O) groups is 3. The van der Waals surface area contributed by atoms with Crippen LogP contribution in [0.3, 0.4) is 0 Å². The van der Waals surface area contributed by atoms with Crippen LogP contribution in [0.2, 0.25) is 0 Å². The summed E-state index contributed by atoms with van der Waals surface area (Å²) in [6.45, 7) is 3.73. The monoisotopic (exact) mass is 451 g/mol. The minimum Gasteiger partial charge on any atom is -0.347 e. The van der Waals surface area contributed by atoms with Gasteiger partial charge in [-0.1, -0.05) is 34.1 Å². The molecule has 6 nitrogen and oxygen atoms in total. The minimum absolute atomic E-state index is 0.0774. The number of para-hydroxylation sites is 1. The molecule has 1 aliphatic rings. The molecule has 0 unspecified atom stereocenters. The van der Waals surface area contributed by atoms with Gasteiger partial charge in [0.1, 0.15) is 5.57 Å². The van der Waals surface area contributed by atoms with E-state index >= 15 is 0 Å². The van der Waals surface area contributed by atoms with Gasteiger partial charge in [-0.25, -0.2) is 9.69 Å². The van der Waals surface area contributed by atoms with Crippen LogP contribution in [0.1, 0.15) is 16.8 Å². The zero-order valence-electron chi connectivity index (χ0n) is 16.1. The fraction of sp³-hybridized carbons (Fsp3) is 0.136. The van der Waals surface area contributed by atoms with Crippen molar-refractivity contribution < 1.29 is 14.4 Å². The van der Waals surface area contributed by atoms with Crippen molar-refractivity contribution in [2.75, 3.05) is 4.90 Å². The maximum atomic E-state index is 13.2. The number of carbonyl (C=O) groups excluding carboxylic acids is 3. The molecule has 0 atom stereocenters. The molecule has 7 heteroatoms. The maximum Gasteiger partial charge on any atom is 0.335 e. The number of hydrogen-bond donors (Lipinski definition) is 1. The summed E-state index contributed by atoms with van der Waals surface area (Å²) in [4.78, 5) is 39.2. The second-order valence-corrected chi connectivity index (χ2v) is 7.88. The fourth-order valence-corrected chi connectivity index (χ4v) is 4.10. The lowest BCUT2D eigenvalue weighted by molar-refractivity contribution is -0.122. The number of fused-ring (bicyclic) bond motifs is 1. The van der Waals surface area contributed by atoms with Crippen LogP contribution < -0.4 is 10.2 Å². The molecule has 1 saturated heterocycles. The van der Waals surface area contributed by atoms with Gasteiger partial charge in [0, 0.05) is 33.7 Å². The van der Waals surface area contributed by atoms with Crippen molar-refractivity contribution in [3.05, 3.63) is 69.3 Å². The largest absolute Gasteiger partial charge is 0.347 e. The Labute approximate surface area is 175 Å². The first-order valence-corrected chi connectivity index (χ1v) is 9.80. The van der Waals surface area contributed by atoms with E-state index < -0.39 is 17.8 Å². The third-order valence-corrected chi connectivity index (χ3v) is 5.73. The van der Waals surface area contributed by atoms with Gasteiger partial charge < -0.3 is 4.57 Å². The Kier molecular flexibility index (Phi) is 4.62. The number of hydrogen-bond acceptors (Lipinski definition) is 3. The fourth-order valence-electron chi connectivity index (χ4n) is 3.62. The summed E-state index contributed by atoms with van der Waals surface area (Å²) < 4.78 is 2.84. The lowest BCUT2D eigenvalue weighted by Crippen LogP contribution is -2.54. The van der Waals surface area contributed by atoms with Gasteiger partial charge in [0.05, 0.1) is 5.69 Å². The van der Waals surface area contributed by atoms with Crippen LogP contribution in [0.4, 0.5) is 10.5 Å². The molecule has 0 saturated carbocycles. The molecule has 1 aromatic heterocycles. The highest BCUT2D eigenvalue weighted by Crippen LogP contribution is 2.30. The number of anilines is 1. The van der Waals surface area contributed by atoms with E-state index in [1.165, 1.54) is 0 Å². The molecule has 4 amide bonds. The lowest BCUT2D eigenvalue weighted by atomic mass is 10.0. The lowest BCUT2D eigenvalue weighted by Gasteiger charge is -2.27. The van der Waals surface area contributed by atoms with E-state index in [1.54, 1.807) is 25.1 Å². The number of aromatic nitrogens is 1. The summed E-state index contributed by atoms with van der Waals surface area (Å²) in [6.07, 6.45) is 1.57. The molecule has 146 valence electrons. The van der Waals surface area contributed by atoms with Gasteiger partial charge in [-0.2, -0.15) is 0 Å². The Bertz CT molecular complexity index is 1240. The highest BCUT2D eigenvalue weighted by Gasteiger charge is 2.37. The van der Waals surface area contributed by atoms with Crippen LogP contribution >= 0.6 is 15.9 Å². The number of urea groups is 1. The predicted octanol–water partition coefficient (Wildman–Crippen LogP) is 4.22. The molecule has 0 spiro atoms. The molecule has 1 N–H and O–H groups in total. The summed E-state index contributed by atoms with van der Waals surface area (Å²) in [5.74, 6) is -1.34. The molecule has 2 aromatic carbocycles. The van der Waals surface area contributed by atoms with Gasteiger partial charge >= 0.3 is 6.03 Å². The Morgan fingerprint density at radius 1 is 1.03 bits per heavy atom. The highest BCUT2D eigenvalue weighted by atomic mass is 79.9. The van der Waals surface area contributed by atoms with Gasteiger partial charge in [0.25, 0.3) is 11.8 Å². The first kappa shape index (κ1) is 19.1. The van der Waals surface area contributed by atoms with E-state index in [2.05, 4.69) is 21.2 Å². The summed E-state index contributed by atoms with van der Waals surface area (Å²) in [7, 11) is 1.93. The molecule has 29 heavy (non-hydrogen) atoms. The molecular formula is C22H18BrN3O3. The zero-order chi connectivity index (χ0) is 20.9. The number of amides is 4. The Hall–Kier alpha value is -3.19. The van der Waals surface area contributed by atoms with Crippen LogP contribution in [0.15, 0.2) is 52.5 Å². The van der Waals surface area contributed by atoms with Crippen molar-refractivity contribution in [3.63, 3.8) is 0 Å². The molecule has 2 heterocycles. The van der Waals surface area contributed by atoms with Crippen LogP contribution in [-0.2, 0) is 16.6 Å². The van der Waals surface area contributed by atoms with Gasteiger partial charge in [0.2, 0.25) is 0 Å². The molecule has 0 radical (unpaired) electrons. The summed E-state index contributed by atoms with van der Waals surface area (Å²) in [5, 5.41) is 3.22.